The molecule has 1 aliphatic heterocycles. The first kappa shape index (κ1) is 14.9. The first-order chi connectivity index (χ1) is 11.6. The van der Waals surface area contributed by atoms with E-state index in [9.17, 15) is 4.79 Å². The number of imidazole rings is 1. The Morgan fingerprint density at radius 2 is 2.17 bits per heavy atom. The fraction of sp³-hybridized carbons (Fsp3) is 0.389. The van der Waals surface area contributed by atoms with Crippen molar-refractivity contribution >= 4 is 16.9 Å². The van der Waals surface area contributed by atoms with Crippen molar-refractivity contribution in [2.45, 2.75) is 25.7 Å². The van der Waals surface area contributed by atoms with Crippen LogP contribution < -0.4 is 0 Å². The van der Waals surface area contributed by atoms with E-state index >= 15 is 0 Å². The SMILES string of the molecule is Cc1cc(C(=O)N2CCCC(c3nc4ccccc4n3C)C2)on1. The second kappa shape index (κ2) is 5.78. The zero-order valence-electron chi connectivity index (χ0n) is 13.9. The van der Waals surface area contributed by atoms with Crippen molar-refractivity contribution in [1.29, 1.82) is 0 Å². The van der Waals surface area contributed by atoms with Crippen LogP contribution in [0, 0.1) is 6.92 Å². The molecular weight excluding hydrogens is 304 g/mol. The van der Waals surface area contributed by atoms with Gasteiger partial charge in [0.25, 0.3) is 5.91 Å². The van der Waals surface area contributed by atoms with Gasteiger partial charge in [0.15, 0.2) is 0 Å². The fourth-order valence-corrected chi connectivity index (χ4v) is 3.52. The Kier molecular flexibility index (Phi) is 3.59. The van der Waals surface area contributed by atoms with Crippen molar-refractivity contribution in [3.05, 3.63) is 47.6 Å². The number of rotatable bonds is 2. The highest BCUT2D eigenvalue weighted by Gasteiger charge is 2.29. The molecule has 4 rings (SSSR count). The van der Waals surface area contributed by atoms with Gasteiger partial charge in [-0.25, -0.2) is 4.98 Å². The number of amides is 1. The van der Waals surface area contributed by atoms with Crippen LogP contribution in [0.1, 0.15) is 40.8 Å². The van der Waals surface area contributed by atoms with E-state index in [2.05, 4.69) is 15.8 Å². The molecule has 1 aliphatic rings. The average molecular weight is 324 g/mol. The molecule has 6 heteroatoms. The lowest BCUT2D eigenvalue weighted by molar-refractivity contribution is 0.0661. The molecule has 0 bridgehead atoms. The highest BCUT2D eigenvalue weighted by molar-refractivity contribution is 5.91. The molecule has 1 amide bonds. The molecule has 124 valence electrons. The molecule has 3 aromatic rings. The third-order valence-corrected chi connectivity index (χ3v) is 4.73. The van der Waals surface area contributed by atoms with Gasteiger partial charge >= 0.3 is 0 Å². The number of benzene rings is 1. The second-order valence-electron chi connectivity index (χ2n) is 6.44. The summed E-state index contributed by atoms with van der Waals surface area (Å²) in [6.45, 7) is 3.23. The summed E-state index contributed by atoms with van der Waals surface area (Å²) in [5.41, 5.74) is 2.85. The summed E-state index contributed by atoms with van der Waals surface area (Å²) in [6, 6.07) is 9.83. The van der Waals surface area contributed by atoms with E-state index in [0.717, 1.165) is 41.9 Å². The lowest BCUT2D eigenvalue weighted by Gasteiger charge is -2.31. The maximum atomic E-state index is 12.6. The minimum Gasteiger partial charge on any atom is -0.351 e. The van der Waals surface area contributed by atoms with E-state index in [0.29, 0.717) is 12.3 Å². The number of hydrogen-bond donors (Lipinski definition) is 0. The van der Waals surface area contributed by atoms with Crippen LogP contribution in [-0.2, 0) is 7.05 Å². The molecule has 1 saturated heterocycles. The number of para-hydroxylation sites is 2. The fourth-order valence-electron chi connectivity index (χ4n) is 3.52. The molecule has 24 heavy (non-hydrogen) atoms. The first-order valence-corrected chi connectivity index (χ1v) is 8.27. The summed E-state index contributed by atoms with van der Waals surface area (Å²) in [5.74, 6) is 1.52. The minimum atomic E-state index is -0.0842. The first-order valence-electron chi connectivity index (χ1n) is 8.27. The van der Waals surface area contributed by atoms with Crippen LogP contribution in [0.4, 0.5) is 0 Å². The summed E-state index contributed by atoms with van der Waals surface area (Å²) in [7, 11) is 2.05. The van der Waals surface area contributed by atoms with Gasteiger partial charge in [-0.1, -0.05) is 17.3 Å². The summed E-state index contributed by atoms with van der Waals surface area (Å²) in [4.78, 5) is 19.3. The molecule has 3 heterocycles. The number of fused-ring (bicyclic) bond motifs is 1. The van der Waals surface area contributed by atoms with Gasteiger partial charge in [-0.2, -0.15) is 0 Å². The molecule has 2 aromatic heterocycles. The van der Waals surface area contributed by atoms with Crippen LogP contribution in [0.15, 0.2) is 34.9 Å². The van der Waals surface area contributed by atoms with Gasteiger partial charge in [-0.15, -0.1) is 0 Å². The van der Waals surface area contributed by atoms with E-state index in [1.165, 1.54) is 0 Å². The number of aromatic nitrogens is 3. The summed E-state index contributed by atoms with van der Waals surface area (Å²) < 4.78 is 7.28. The molecule has 0 saturated carbocycles. The standard InChI is InChI=1S/C18H20N4O2/c1-12-10-16(24-20-12)18(23)22-9-5-6-13(11-22)17-19-14-7-3-4-8-15(14)21(17)2/h3-4,7-8,10,13H,5-6,9,11H2,1-2H3. The topological polar surface area (TPSA) is 64.2 Å². The molecule has 0 radical (unpaired) electrons. The quantitative estimate of drug-likeness (QED) is 0.727. The Balaban J connectivity index is 1.60. The largest absolute Gasteiger partial charge is 0.351 e. The zero-order valence-corrected chi connectivity index (χ0v) is 13.9. The maximum Gasteiger partial charge on any atom is 0.292 e. The van der Waals surface area contributed by atoms with Crippen LogP contribution in [0.3, 0.4) is 0 Å². The lowest BCUT2D eigenvalue weighted by Crippen LogP contribution is -2.39. The van der Waals surface area contributed by atoms with Crippen molar-refractivity contribution in [3.8, 4) is 0 Å². The van der Waals surface area contributed by atoms with Crippen molar-refractivity contribution in [1.82, 2.24) is 19.6 Å². The second-order valence-corrected chi connectivity index (χ2v) is 6.44. The van der Waals surface area contributed by atoms with E-state index in [1.54, 1.807) is 6.07 Å². The van der Waals surface area contributed by atoms with Gasteiger partial charge in [-0.3, -0.25) is 4.79 Å². The van der Waals surface area contributed by atoms with Gasteiger partial charge in [-0.05, 0) is 31.9 Å². The van der Waals surface area contributed by atoms with Crippen molar-refractivity contribution in [2.75, 3.05) is 13.1 Å². The Morgan fingerprint density at radius 3 is 2.92 bits per heavy atom. The van der Waals surface area contributed by atoms with Crippen molar-refractivity contribution < 1.29 is 9.32 Å². The Hall–Kier alpha value is -2.63. The van der Waals surface area contributed by atoms with Crippen LogP contribution in [-0.4, -0.2) is 38.6 Å². The van der Waals surface area contributed by atoms with E-state index in [-0.39, 0.29) is 11.8 Å². The minimum absolute atomic E-state index is 0.0842. The Bertz CT molecular complexity index is 895. The van der Waals surface area contributed by atoms with Crippen LogP contribution >= 0.6 is 0 Å². The molecule has 1 aromatic carbocycles. The highest BCUT2D eigenvalue weighted by atomic mass is 16.5. The van der Waals surface area contributed by atoms with Crippen molar-refractivity contribution in [3.63, 3.8) is 0 Å². The number of carbonyl (C=O) groups is 1. The predicted octanol–water partition coefficient (Wildman–Crippen LogP) is 2.89. The monoisotopic (exact) mass is 324 g/mol. The smallest absolute Gasteiger partial charge is 0.292 e. The maximum absolute atomic E-state index is 12.6. The van der Waals surface area contributed by atoms with Gasteiger partial charge < -0.3 is 14.0 Å². The molecule has 0 aliphatic carbocycles. The van der Waals surface area contributed by atoms with Crippen molar-refractivity contribution in [2.24, 2.45) is 7.05 Å². The number of nitrogens with zero attached hydrogens (tertiary/aromatic N) is 4. The highest BCUT2D eigenvalue weighted by Crippen LogP contribution is 2.29. The normalized spacial score (nSPS) is 18.2. The van der Waals surface area contributed by atoms with Gasteiger partial charge in [0.2, 0.25) is 5.76 Å². The van der Waals surface area contributed by atoms with E-state index in [1.807, 2.05) is 37.1 Å². The number of hydrogen-bond acceptors (Lipinski definition) is 4. The van der Waals surface area contributed by atoms with Crippen LogP contribution in [0.25, 0.3) is 11.0 Å². The zero-order chi connectivity index (χ0) is 16.7. The summed E-state index contributed by atoms with van der Waals surface area (Å²) >= 11 is 0. The third kappa shape index (κ3) is 2.48. The number of carbonyl (C=O) groups excluding carboxylic acids is 1. The van der Waals surface area contributed by atoms with Gasteiger partial charge in [0, 0.05) is 32.1 Å². The number of aryl methyl sites for hydroxylation is 2. The van der Waals surface area contributed by atoms with E-state index < -0.39 is 0 Å². The number of likely N-dealkylation sites (tertiary alicyclic amines) is 1. The Morgan fingerprint density at radius 1 is 1.33 bits per heavy atom. The molecule has 0 N–H and O–H groups in total. The van der Waals surface area contributed by atoms with Gasteiger partial charge in [0.05, 0.1) is 16.7 Å². The molecule has 6 nitrogen and oxygen atoms in total. The summed E-state index contributed by atoms with van der Waals surface area (Å²) in [5, 5.41) is 3.81. The van der Waals surface area contributed by atoms with E-state index in [4.69, 9.17) is 9.51 Å². The summed E-state index contributed by atoms with van der Waals surface area (Å²) in [6.07, 6.45) is 2.00. The average Bonchev–Trinajstić information content (AvgIpc) is 3.19. The number of piperidine rings is 1. The lowest BCUT2D eigenvalue weighted by atomic mass is 9.97. The predicted molar refractivity (Wildman–Crippen MR) is 89.8 cm³/mol. The van der Waals surface area contributed by atoms with Crippen LogP contribution in [0.2, 0.25) is 0 Å². The molecule has 1 atom stereocenters. The Labute approximate surface area is 140 Å². The van der Waals surface area contributed by atoms with Crippen LogP contribution in [0.5, 0.6) is 0 Å². The third-order valence-electron chi connectivity index (χ3n) is 4.73. The molecular formula is C18H20N4O2. The molecule has 1 fully saturated rings. The van der Waals surface area contributed by atoms with Gasteiger partial charge in [0.1, 0.15) is 5.82 Å². The molecule has 0 spiro atoms. The molecule has 1 unspecified atom stereocenters.